The van der Waals surface area contributed by atoms with E-state index < -0.39 is 22.8 Å². The van der Waals surface area contributed by atoms with E-state index in [1.807, 2.05) is 0 Å². The minimum Gasteiger partial charge on any atom is -0.467 e. The Morgan fingerprint density at radius 1 is 1.35 bits per heavy atom. The number of nitro groups is 1. The molecule has 0 saturated carbocycles. The highest BCUT2D eigenvalue weighted by Gasteiger charge is 2.34. The molecule has 0 bridgehead atoms. The third kappa shape index (κ3) is 3.28. The normalized spacial score (nSPS) is 17.0. The van der Waals surface area contributed by atoms with Gasteiger partial charge in [-0.25, -0.2) is 9.78 Å². The molecule has 2 heterocycles. The smallest absolute Gasteiger partial charge is 0.328 e. The van der Waals surface area contributed by atoms with Gasteiger partial charge < -0.3 is 14.2 Å². The second-order valence-electron chi connectivity index (χ2n) is 5.96. The lowest BCUT2D eigenvalue weighted by molar-refractivity contribution is -0.384. The molecule has 1 aromatic heterocycles. The van der Waals surface area contributed by atoms with Crippen LogP contribution in [0.4, 0.5) is 5.69 Å². The highest BCUT2D eigenvalue weighted by atomic mass is 16.6. The van der Waals surface area contributed by atoms with Crippen LogP contribution in [0.5, 0.6) is 0 Å². The maximum Gasteiger partial charge on any atom is 0.328 e. The Labute approximate surface area is 149 Å². The number of methoxy groups -OCH3 is 1. The van der Waals surface area contributed by atoms with Crippen LogP contribution in [0.25, 0.3) is 5.69 Å². The van der Waals surface area contributed by atoms with E-state index in [-0.39, 0.29) is 11.3 Å². The molecule has 0 radical (unpaired) electrons. The molecule has 9 nitrogen and oxygen atoms in total. The first-order valence-electron chi connectivity index (χ1n) is 8.18. The Kier molecular flexibility index (Phi) is 4.97. The van der Waals surface area contributed by atoms with Crippen LogP contribution in [0.3, 0.4) is 0 Å². The SMILES string of the molecule is COC(=O)C1CCCCN1C(=O)c1ccc(-n2ccnc2)c([N+](=O)[O-])c1. The maximum absolute atomic E-state index is 12.9. The second kappa shape index (κ2) is 7.34. The van der Waals surface area contributed by atoms with Crippen molar-refractivity contribution in [3.8, 4) is 5.69 Å². The molecular formula is C17H18N4O5. The van der Waals surface area contributed by atoms with Gasteiger partial charge in [0.15, 0.2) is 0 Å². The number of rotatable bonds is 4. The summed E-state index contributed by atoms with van der Waals surface area (Å²) in [5.74, 6) is -0.886. The number of likely N-dealkylation sites (tertiary alicyclic amines) is 1. The lowest BCUT2D eigenvalue weighted by Crippen LogP contribution is -2.48. The fraction of sp³-hybridized carbons (Fsp3) is 0.353. The molecule has 0 spiro atoms. The molecular weight excluding hydrogens is 340 g/mol. The Balaban J connectivity index is 1.95. The number of nitro benzene ring substituents is 1. The second-order valence-corrected chi connectivity index (χ2v) is 5.96. The van der Waals surface area contributed by atoms with Gasteiger partial charge in [0.1, 0.15) is 11.7 Å². The maximum atomic E-state index is 12.9. The Bertz CT molecular complexity index is 834. The number of amides is 1. The first-order valence-corrected chi connectivity index (χ1v) is 8.18. The molecule has 9 heteroatoms. The van der Waals surface area contributed by atoms with Crippen molar-refractivity contribution in [3.05, 3.63) is 52.6 Å². The van der Waals surface area contributed by atoms with Crippen molar-refractivity contribution in [2.24, 2.45) is 0 Å². The van der Waals surface area contributed by atoms with Crippen molar-refractivity contribution in [2.75, 3.05) is 13.7 Å². The molecule has 3 rings (SSSR count). The van der Waals surface area contributed by atoms with E-state index in [1.54, 1.807) is 6.20 Å². The summed E-state index contributed by atoms with van der Waals surface area (Å²) >= 11 is 0. The number of esters is 1. The van der Waals surface area contributed by atoms with Crippen molar-refractivity contribution in [2.45, 2.75) is 25.3 Å². The number of nitrogens with zero attached hydrogens (tertiary/aromatic N) is 4. The van der Waals surface area contributed by atoms with Gasteiger partial charge in [0.05, 0.1) is 18.4 Å². The predicted octanol–water partition coefficient (Wildman–Crippen LogP) is 1.95. The van der Waals surface area contributed by atoms with Crippen molar-refractivity contribution >= 4 is 17.6 Å². The van der Waals surface area contributed by atoms with Crippen LogP contribution in [-0.4, -0.2) is 50.9 Å². The molecule has 1 amide bonds. The standard InChI is InChI=1S/C17H18N4O5/c1-26-17(23)14-4-2-3-8-20(14)16(22)12-5-6-13(15(10-12)21(24)25)19-9-7-18-11-19/h5-7,9-11,14H,2-4,8H2,1H3. The molecule has 0 aliphatic carbocycles. The number of benzene rings is 1. The zero-order valence-electron chi connectivity index (χ0n) is 14.2. The highest BCUT2D eigenvalue weighted by Crippen LogP contribution is 2.27. The van der Waals surface area contributed by atoms with Gasteiger partial charge in [-0.3, -0.25) is 14.9 Å². The predicted molar refractivity (Wildman–Crippen MR) is 90.9 cm³/mol. The molecule has 1 aliphatic heterocycles. The molecule has 1 atom stereocenters. The van der Waals surface area contributed by atoms with Crippen LogP contribution >= 0.6 is 0 Å². The number of aromatic nitrogens is 2. The number of piperidine rings is 1. The van der Waals surface area contributed by atoms with Gasteiger partial charge in [-0.1, -0.05) is 0 Å². The zero-order valence-corrected chi connectivity index (χ0v) is 14.2. The van der Waals surface area contributed by atoms with Gasteiger partial charge in [-0.2, -0.15) is 0 Å². The topological polar surface area (TPSA) is 108 Å². The molecule has 2 aromatic rings. The monoisotopic (exact) mass is 358 g/mol. The summed E-state index contributed by atoms with van der Waals surface area (Å²) in [7, 11) is 1.28. The average molecular weight is 358 g/mol. The third-order valence-corrected chi connectivity index (χ3v) is 4.44. The summed E-state index contributed by atoms with van der Waals surface area (Å²) in [6, 6.07) is 3.60. The Morgan fingerprint density at radius 2 is 2.15 bits per heavy atom. The van der Waals surface area contributed by atoms with Crippen LogP contribution in [0.1, 0.15) is 29.6 Å². The molecule has 1 aromatic carbocycles. The van der Waals surface area contributed by atoms with Gasteiger partial charge in [0.2, 0.25) is 0 Å². The lowest BCUT2D eigenvalue weighted by atomic mass is 10.0. The number of carbonyl (C=O) groups is 2. The number of hydrogen-bond acceptors (Lipinski definition) is 6. The number of ether oxygens (including phenoxy) is 1. The molecule has 136 valence electrons. The summed E-state index contributed by atoms with van der Waals surface area (Å²) < 4.78 is 6.29. The molecule has 26 heavy (non-hydrogen) atoms. The number of carbonyl (C=O) groups excluding carboxylic acids is 2. The molecule has 1 saturated heterocycles. The van der Waals surface area contributed by atoms with Crippen LogP contribution in [-0.2, 0) is 9.53 Å². The molecule has 1 fully saturated rings. The van der Waals surface area contributed by atoms with Crippen molar-refractivity contribution < 1.29 is 19.2 Å². The lowest BCUT2D eigenvalue weighted by Gasteiger charge is -2.33. The van der Waals surface area contributed by atoms with Gasteiger partial charge in [0.25, 0.3) is 11.6 Å². The molecule has 1 unspecified atom stereocenters. The molecule has 1 aliphatic rings. The fourth-order valence-corrected chi connectivity index (χ4v) is 3.14. The van der Waals surface area contributed by atoms with E-state index in [4.69, 9.17) is 4.74 Å². The highest BCUT2D eigenvalue weighted by molar-refractivity contribution is 5.97. The van der Waals surface area contributed by atoms with Crippen LogP contribution < -0.4 is 0 Å². The largest absolute Gasteiger partial charge is 0.467 e. The van der Waals surface area contributed by atoms with Gasteiger partial charge in [0, 0.05) is 30.6 Å². The summed E-state index contributed by atoms with van der Waals surface area (Å²) in [6.07, 6.45) is 6.66. The van der Waals surface area contributed by atoms with E-state index in [1.165, 1.54) is 47.3 Å². The van der Waals surface area contributed by atoms with Gasteiger partial charge in [-0.15, -0.1) is 0 Å². The van der Waals surface area contributed by atoms with Gasteiger partial charge in [-0.05, 0) is 31.4 Å². The summed E-state index contributed by atoms with van der Waals surface area (Å²) in [5, 5.41) is 11.5. The third-order valence-electron chi connectivity index (χ3n) is 4.44. The van der Waals surface area contributed by atoms with E-state index in [9.17, 15) is 19.7 Å². The van der Waals surface area contributed by atoms with E-state index >= 15 is 0 Å². The van der Waals surface area contributed by atoms with Crippen LogP contribution in [0.2, 0.25) is 0 Å². The minimum atomic E-state index is -0.659. The number of hydrogen-bond donors (Lipinski definition) is 0. The summed E-state index contributed by atoms with van der Waals surface area (Å²) in [6.45, 7) is 0.412. The Hall–Kier alpha value is -3.23. The Morgan fingerprint density at radius 3 is 2.81 bits per heavy atom. The summed E-state index contributed by atoms with van der Waals surface area (Å²) in [4.78, 5) is 41.1. The first-order chi connectivity index (χ1) is 12.5. The van der Waals surface area contributed by atoms with Crippen molar-refractivity contribution in [1.82, 2.24) is 14.5 Å². The minimum absolute atomic E-state index is 0.163. The first kappa shape index (κ1) is 17.6. The van der Waals surface area contributed by atoms with E-state index in [2.05, 4.69) is 4.98 Å². The van der Waals surface area contributed by atoms with Crippen molar-refractivity contribution in [3.63, 3.8) is 0 Å². The van der Waals surface area contributed by atoms with Crippen LogP contribution in [0.15, 0.2) is 36.9 Å². The number of imidazole rings is 1. The average Bonchev–Trinajstić information content (AvgIpc) is 3.21. The quantitative estimate of drug-likeness (QED) is 0.470. The van der Waals surface area contributed by atoms with E-state index in [0.717, 1.165) is 12.8 Å². The fourth-order valence-electron chi connectivity index (χ4n) is 3.14. The summed E-state index contributed by atoms with van der Waals surface area (Å²) in [5.41, 5.74) is 0.268. The molecule has 0 N–H and O–H groups in total. The van der Waals surface area contributed by atoms with Crippen LogP contribution in [0, 0.1) is 10.1 Å². The van der Waals surface area contributed by atoms with Gasteiger partial charge >= 0.3 is 5.97 Å². The zero-order chi connectivity index (χ0) is 18.7. The van der Waals surface area contributed by atoms with Crippen molar-refractivity contribution in [1.29, 1.82) is 0 Å². The van der Waals surface area contributed by atoms with E-state index in [0.29, 0.717) is 18.7 Å².